The summed E-state index contributed by atoms with van der Waals surface area (Å²) in [7, 11) is 0. The number of hydrogen-bond acceptors (Lipinski definition) is 6. The minimum Gasteiger partial charge on any atom is -0.349 e. The fourth-order valence-corrected chi connectivity index (χ4v) is 4.55. The molecule has 8 N–H and O–H groups in total. The molecule has 0 saturated carbocycles. The van der Waals surface area contributed by atoms with Gasteiger partial charge in [0.05, 0.1) is 12.6 Å². The summed E-state index contributed by atoms with van der Waals surface area (Å²) in [6.07, 6.45) is 12.7. The molecule has 0 spiro atoms. The average Bonchev–Trinajstić information content (AvgIpc) is 2.87. The van der Waals surface area contributed by atoms with Gasteiger partial charge in [0.1, 0.15) is 18.1 Å². The Balaban J connectivity index is 2.86. The van der Waals surface area contributed by atoms with Crippen LogP contribution in [0.2, 0.25) is 0 Å². The Kier molecular flexibility index (Phi) is 16.8. The van der Waals surface area contributed by atoms with E-state index < -0.39 is 41.9 Å². The Bertz CT molecular complexity index is 702. The Morgan fingerprint density at radius 1 is 0.757 bits per heavy atom. The molecule has 4 atom stereocenters. The van der Waals surface area contributed by atoms with E-state index in [-0.39, 0.29) is 18.4 Å². The quantitative estimate of drug-likeness (QED) is 0.178. The van der Waals surface area contributed by atoms with Crippen molar-refractivity contribution in [1.29, 1.82) is 0 Å². The van der Waals surface area contributed by atoms with Crippen molar-refractivity contribution in [3.8, 4) is 0 Å². The Morgan fingerprint density at radius 2 is 1.35 bits per heavy atom. The number of hydrogen-bond donors (Lipinski definition) is 6. The first-order valence-corrected chi connectivity index (χ1v) is 14.3. The van der Waals surface area contributed by atoms with Gasteiger partial charge >= 0.3 is 0 Å². The van der Waals surface area contributed by atoms with Crippen molar-refractivity contribution in [2.24, 2.45) is 17.4 Å². The van der Waals surface area contributed by atoms with Gasteiger partial charge in [-0.15, -0.1) is 0 Å². The fraction of sp³-hybridized carbons (Fsp3) is 0.852. The largest absolute Gasteiger partial charge is 0.349 e. The van der Waals surface area contributed by atoms with E-state index >= 15 is 0 Å². The van der Waals surface area contributed by atoms with Crippen LogP contribution >= 0.6 is 0 Å². The molecule has 0 aliphatic carbocycles. The number of unbranched alkanes of at least 4 members (excludes halogenated alkanes) is 9. The first-order valence-electron chi connectivity index (χ1n) is 14.3. The molecule has 1 aliphatic rings. The maximum atomic E-state index is 13.2. The van der Waals surface area contributed by atoms with Gasteiger partial charge in [-0.3, -0.25) is 19.2 Å². The number of rotatable bonds is 15. The first kappa shape index (κ1) is 32.8. The van der Waals surface area contributed by atoms with Gasteiger partial charge in [-0.2, -0.15) is 0 Å². The highest BCUT2D eigenvalue weighted by Gasteiger charge is 2.33. The molecule has 0 aromatic heterocycles. The number of amides is 4. The van der Waals surface area contributed by atoms with Crippen molar-refractivity contribution < 1.29 is 19.2 Å². The normalized spacial score (nSPS) is 23.8. The molecule has 1 saturated heterocycles. The van der Waals surface area contributed by atoms with Gasteiger partial charge in [0.2, 0.25) is 23.6 Å². The summed E-state index contributed by atoms with van der Waals surface area (Å²) in [4.78, 5) is 51.5. The smallest absolute Gasteiger partial charge is 0.243 e. The van der Waals surface area contributed by atoms with Gasteiger partial charge in [-0.25, -0.2) is 0 Å². The zero-order chi connectivity index (χ0) is 27.6. The number of nitrogens with one attached hydrogen (secondary N) is 4. The SMILES string of the molecule is CCCCCCCCCCCC1NC(=O)C(C(C)C)NC(=O)C(CCCCN)NC(=O)CNC(=O)[C@@H]1N. The van der Waals surface area contributed by atoms with Crippen LogP contribution in [-0.4, -0.2) is 60.9 Å². The maximum absolute atomic E-state index is 13.2. The molecule has 4 amide bonds. The van der Waals surface area contributed by atoms with E-state index in [9.17, 15) is 19.2 Å². The highest BCUT2D eigenvalue weighted by molar-refractivity contribution is 5.94. The second kappa shape index (κ2) is 19.0. The van der Waals surface area contributed by atoms with Crippen LogP contribution < -0.4 is 32.7 Å². The van der Waals surface area contributed by atoms with Gasteiger partial charge in [-0.05, 0) is 38.1 Å². The summed E-state index contributed by atoms with van der Waals surface area (Å²) in [6.45, 7) is 6.08. The van der Waals surface area contributed by atoms with Crippen molar-refractivity contribution in [3.05, 3.63) is 0 Å². The summed E-state index contributed by atoms with van der Waals surface area (Å²) < 4.78 is 0. The summed E-state index contributed by atoms with van der Waals surface area (Å²) in [5, 5.41) is 11.0. The molecule has 214 valence electrons. The summed E-state index contributed by atoms with van der Waals surface area (Å²) in [6, 6.07) is -3.24. The molecular formula is C27H52N6O4. The molecule has 1 fully saturated rings. The molecule has 1 aliphatic heterocycles. The maximum Gasteiger partial charge on any atom is 0.243 e. The van der Waals surface area contributed by atoms with Crippen LogP contribution in [0.4, 0.5) is 0 Å². The molecule has 37 heavy (non-hydrogen) atoms. The Morgan fingerprint density at radius 3 is 1.95 bits per heavy atom. The predicted octanol–water partition coefficient (Wildman–Crippen LogP) is 1.60. The van der Waals surface area contributed by atoms with Gasteiger partial charge in [-0.1, -0.05) is 78.6 Å². The third kappa shape index (κ3) is 13.2. The topological polar surface area (TPSA) is 168 Å². The second-order valence-corrected chi connectivity index (χ2v) is 10.6. The van der Waals surface area contributed by atoms with Gasteiger partial charge < -0.3 is 32.7 Å². The van der Waals surface area contributed by atoms with Crippen molar-refractivity contribution in [3.63, 3.8) is 0 Å². The molecular weight excluding hydrogens is 472 g/mol. The zero-order valence-corrected chi connectivity index (χ0v) is 23.3. The van der Waals surface area contributed by atoms with E-state index in [2.05, 4.69) is 28.2 Å². The molecule has 10 nitrogen and oxygen atoms in total. The molecule has 3 unspecified atom stereocenters. The number of nitrogens with two attached hydrogens (primary N) is 2. The molecule has 0 radical (unpaired) electrons. The highest BCUT2D eigenvalue weighted by Crippen LogP contribution is 2.14. The minimum absolute atomic E-state index is 0.201. The third-order valence-electron chi connectivity index (χ3n) is 6.95. The van der Waals surface area contributed by atoms with Crippen molar-refractivity contribution in [2.75, 3.05) is 13.1 Å². The Hall–Kier alpha value is -2.20. The monoisotopic (exact) mass is 524 g/mol. The van der Waals surface area contributed by atoms with E-state index in [1.54, 1.807) is 0 Å². The standard InChI is InChI=1S/C27H52N6O4/c1-4-5-6-7-8-9-10-11-12-15-20-23(29)26(36)30-18-22(34)31-21(16-13-14-17-28)25(35)33-24(19(2)3)27(37)32-20/h19-21,23-24H,4-18,28-29H2,1-3H3,(H,30,36)(H,31,34)(H,32,37)(H,33,35)/t20?,21?,23-,24?/m1/s1. The molecule has 10 heteroatoms. The molecule has 0 aromatic rings. The van der Waals surface area contributed by atoms with Crippen molar-refractivity contribution >= 4 is 23.6 Å². The van der Waals surface area contributed by atoms with Crippen LogP contribution in [0, 0.1) is 5.92 Å². The van der Waals surface area contributed by atoms with Crippen LogP contribution in [0.3, 0.4) is 0 Å². The lowest BCUT2D eigenvalue weighted by molar-refractivity contribution is -0.133. The van der Waals surface area contributed by atoms with Crippen LogP contribution in [0.25, 0.3) is 0 Å². The van der Waals surface area contributed by atoms with Gasteiger partial charge in [0.25, 0.3) is 0 Å². The van der Waals surface area contributed by atoms with E-state index in [0.717, 1.165) is 19.3 Å². The van der Waals surface area contributed by atoms with Crippen molar-refractivity contribution in [1.82, 2.24) is 21.3 Å². The van der Waals surface area contributed by atoms with Gasteiger partial charge in [0.15, 0.2) is 0 Å². The summed E-state index contributed by atoms with van der Waals surface area (Å²) in [5.41, 5.74) is 11.8. The molecule has 0 bridgehead atoms. The van der Waals surface area contributed by atoms with E-state index in [1.165, 1.54) is 38.5 Å². The molecule has 0 aromatic carbocycles. The fourth-order valence-electron chi connectivity index (χ4n) is 4.55. The molecule has 1 rings (SSSR count). The van der Waals surface area contributed by atoms with Crippen LogP contribution in [-0.2, 0) is 19.2 Å². The van der Waals surface area contributed by atoms with E-state index in [0.29, 0.717) is 32.2 Å². The minimum atomic E-state index is -1.00. The van der Waals surface area contributed by atoms with Crippen LogP contribution in [0.1, 0.15) is 104 Å². The highest BCUT2D eigenvalue weighted by atomic mass is 16.2. The lowest BCUT2D eigenvalue weighted by Crippen LogP contribution is -2.59. The van der Waals surface area contributed by atoms with Gasteiger partial charge in [0, 0.05) is 0 Å². The second-order valence-electron chi connectivity index (χ2n) is 10.6. The third-order valence-corrected chi connectivity index (χ3v) is 6.95. The van der Waals surface area contributed by atoms with Crippen LogP contribution in [0.15, 0.2) is 0 Å². The lowest BCUT2D eigenvalue weighted by Gasteiger charge is -2.29. The van der Waals surface area contributed by atoms with Crippen LogP contribution in [0.5, 0.6) is 0 Å². The Labute approximate surface area is 223 Å². The van der Waals surface area contributed by atoms with E-state index in [1.807, 2.05) is 13.8 Å². The zero-order valence-electron chi connectivity index (χ0n) is 23.3. The molecule has 1 heterocycles. The average molecular weight is 525 g/mol. The predicted molar refractivity (Wildman–Crippen MR) is 146 cm³/mol. The van der Waals surface area contributed by atoms with Crippen molar-refractivity contribution in [2.45, 2.75) is 128 Å². The number of carbonyl (C=O) groups is 4. The summed E-state index contributed by atoms with van der Waals surface area (Å²) in [5.74, 6) is -1.99. The lowest BCUT2D eigenvalue weighted by atomic mass is 9.97. The van der Waals surface area contributed by atoms with E-state index in [4.69, 9.17) is 11.5 Å². The number of carbonyl (C=O) groups excluding carboxylic acids is 4. The summed E-state index contributed by atoms with van der Waals surface area (Å²) >= 11 is 0. The first-order chi connectivity index (χ1) is 17.7.